The molecule has 0 aliphatic rings. The Morgan fingerprint density at radius 3 is 2.36 bits per heavy atom. The molecular formula is C25H25ClN4O2S. The molecule has 0 atom stereocenters. The number of halogens is 1. The Bertz CT molecular complexity index is 1330. The van der Waals surface area contributed by atoms with Gasteiger partial charge >= 0.3 is 6.03 Å². The number of nitrogens with zero attached hydrogens (tertiary/aromatic N) is 4. The number of hydrogen-bond donors (Lipinski definition) is 0. The molecule has 33 heavy (non-hydrogen) atoms. The van der Waals surface area contributed by atoms with Gasteiger partial charge in [0.2, 0.25) is 0 Å². The average molecular weight is 481 g/mol. The van der Waals surface area contributed by atoms with Crippen LogP contribution in [-0.2, 0) is 19.5 Å². The van der Waals surface area contributed by atoms with Crippen LogP contribution < -0.4 is 5.56 Å². The van der Waals surface area contributed by atoms with Gasteiger partial charge in [-0.15, -0.1) is 11.3 Å². The van der Waals surface area contributed by atoms with Crippen molar-refractivity contribution in [2.45, 2.75) is 19.5 Å². The molecule has 0 saturated heterocycles. The highest BCUT2D eigenvalue weighted by Gasteiger charge is 2.12. The Morgan fingerprint density at radius 1 is 1.03 bits per heavy atom. The third kappa shape index (κ3) is 5.26. The zero-order chi connectivity index (χ0) is 23.5. The summed E-state index contributed by atoms with van der Waals surface area (Å²) in [4.78, 5) is 33.7. The maximum atomic E-state index is 13.0. The predicted octanol–water partition coefficient (Wildman–Crippen LogP) is 5.13. The molecule has 2 aromatic heterocycles. The van der Waals surface area contributed by atoms with Crippen LogP contribution in [0, 0.1) is 0 Å². The van der Waals surface area contributed by atoms with Gasteiger partial charge in [0.1, 0.15) is 4.70 Å². The Morgan fingerprint density at radius 2 is 1.70 bits per heavy atom. The van der Waals surface area contributed by atoms with E-state index in [9.17, 15) is 9.59 Å². The highest BCUT2D eigenvalue weighted by Crippen LogP contribution is 2.31. The minimum Gasteiger partial charge on any atom is -0.331 e. The summed E-state index contributed by atoms with van der Waals surface area (Å²) < 4.78 is 2.33. The molecule has 170 valence electrons. The zero-order valence-electron chi connectivity index (χ0n) is 18.8. The number of carbonyl (C=O) groups is 1. The van der Waals surface area contributed by atoms with Gasteiger partial charge in [-0.25, -0.2) is 9.78 Å². The number of thiophene rings is 1. The van der Waals surface area contributed by atoms with Crippen molar-refractivity contribution in [2.24, 2.45) is 0 Å². The van der Waals surface area contributed by atoms with E-state index >= 15 is 0 Å². The molecule has 0 unspecified atom stereocenters. The predicted molar refractivity (Wildman–Crippen MR) is 135 cm³/mol. The molecule has 2 heterocycles. The molecule has 4 rings (SSSR count). The average Bonchev–Trinajstić information content (AvgIpc) is 3.24. The lowest BCUT2D eigenvalue weighted by atomic mass is 10.1. The van der Waals surface area contributed by atoms with Crippen molar-refractivity contribution in [1.82, 2.24) is 19.4 Å². The lowest BCUT2D eigenvalue weighted by Gasteiger charge is -2.21. The highest BCUT2D eigenvalue weighted by molar-refractivity contribution is 7.22. The quantitative estimate of drug-likeness (QED) is 0.384. The summed E-state index contributed by atoms with van der Waals surface area (Å²) in [6.45, 7) is 1.10. The second-order valence-corrected chi connectivity index (χ2v) is 9.66. The SMILES string of the molecule is CN(C)C(=O)N(C)Cc1ccc(CCn2cnc3cc(-c4ccc(Cl)cc4)sc3c2=O)cc1. The number of benzene rings is 2. The standard InChI is InChI=1S/C25H25ClN4O2S/c1-28(2)25(32)29(3)15-18-6-4-17(5-7-18)12-13-30-16-27-21-14-22(33-23(21)24(30)31)19-8-10-20(26)11-9-19/h4-11,14,16H,12-13,15H2,1-3H3. The second kappa shape index (κ2) is 9.77. The van der Waals surface area contributed by atoms with Gasteiger partial charge in [0.05, 0.1) is 11.8 Å². The Hall–Kier alpha value is -3.16. The van der Waals surface area contributed by atoms with Crippen molar-refractivity contribution in [3.8, 4) is 10.4 Å². The summed E-state index contributed by atoms with van der Waals surface area (Å²) in [5, 5.41) is 0.683. The number of fused-ring (bicyclic) bond motifs is 1. The minimum absolute atomic E-state index is 0.0225. The Kier molecular flexibility index (Phi) is 6.81. The summed E-state index contributed by atoms with van der Waals surface area (Å²) >= 11 is 7.44. The van der Waals surface area contributed by atoms with Crippen LogP contribution in [0.4, 0.5) is 4.79 Å². The van der Waals surface area contributed by atoms with Gasteiger partial charge < -0.3 is 9.80 Å². The van der Waals surface area contributed by atoms with Crippen LogP contribution in [0.5, 0.6) is 0 Å². The summed E-state index contributed by atoms with van der Waals surface area (Å²) in [6, 6.07) is 17.6. The number of carbonyl (C=O) groups excluding carboxylic acids is 1. The largest absolute Gasteiger partial charge is 0.331 e. The van der Waals surface area contributed by atoms with Crippen LogP contribution in [0.15, 0.2) is 65.7 Å². The summed E-state index contributed by atoms with van der Waals surface area (Å²) in [5.41, 5.74) is 3.90. The first kappa shape index (κ1) is 23.0. The lowest BCUT2D eigenvalue weighted by Crippen LogP contribution is -2.35. The molecule has 0 radical (unpaired) electrons. The Balaban J connectivity index is 1.45. The third-order valence-electron chi connectivity index (χ3n) is 5.43. The summed E-state index contributed by atoms with van der Waals surface area (Å²) in [7, 11) is 5.27. The molecule has 0 bridgehead atoms. The van der Waals surface area contributed by atoms with E-state index in [0.29, 0.717) is 28.3 Å². The smallest absolute Gasteiger partial charge is 0.319 e. The molecule has 6 nitrogen and oxygen atoms in total. The van der Waals surface area contributed by atoms with Gasteiger partial charge in [-0.05, 0) is 41.3 Å². The van der Waals surface area contributed by atoms with E-state index in [-0.39, 0.29) is 11.6 Å². The van der Waals surface area contributed by atoms with Crippen molar-refractivity contribution in [3.05, 3.63) is 87.4 Å². The van der Waals surface area contributed by atoms with E-state index in [1.165, 1.54) is 11.3 Å². The maximum Gasteiger partial charge on any atom is 0.319 e. The number of urea groups is 1. The van der Waals surface area contributed by atoms with Crippen molar-refractivity contribution in [1.29, 1.82) is 0 Å². The van der Waals surface area contributed by atoms with E-state index in [2.05, 4.69) is 4.98 Å². The molecule has 8 heteroatoms. The molecule has 2 amide bonds. The number of rotatable bonds is 6. The fourth-order valence-electron chi connectivity index (χ4n) is 3.60. The van der Waals surface area contributed by atoms with E-state index in [4.69, 9.17) is 11.6 Å². The fraction of sp³-hybridized carbons (Fsp3) is 0.240. The van der Waals surface area contributed by atoms with Gasteiger partial charge in [0.25, 0.3) is 5.56 Å². The van der Waals surface area contributed by atoms with E-state index in [1.54, 1.807) is 41.8 Å². The molecule has 0 aliphatic carbocycles. The van der Waals surface area contributed by atoms with Crippen molar-refractivity contribution in [3.63, 3.8) is 0 Å². The van der Waals surface area contributed by atoms with Crippen LogP contribution in [0.3, 0.4) is 0 Å². The second-order valence-electron chi connectivity index (χ2n) is 8.17. The molecule has 0 aliphatic heterocycles. The van der Waals surface area contributed by atoms with Crippen molar-refractivity contribution >= 4 is 39.2 Å². The van der Waals surface area contributed by atoms with Crippen molar-refractivity contribution in [2.75, 3.05) is 21.1 Å². The first-order valence-electron chi connectivity index (χ1n) is 10.6. The van der Waals surface area contributed by atoms with E-state index in [0.717, 1.165) is 28.0 Å². The first-order valence-corrected chi connectivity index (χ1v) is 11.8. The summed E-state index contributed by atoms with van der Waals surface area (Å²) in [6.07, 6.45) is 2.34. The van der Waals surface area contributed by atoms with Crippen LogP contribution in [-0.4, -0.2) is 46.5 Å². The zero-order valence-corrected chi connectivity index (χ0v) is 20.4. The Labute approximate surface area is 201 Å². The molecular weight excluding hydrogens is 456 g/mol. The number of aryl methyl sites for hydroxylation is 2. The lowest BCUT2D eigenvalue weighted by molar-refractivity contribution is 0.180. The topological polar surface area (TPSA) is 58.4 Å². The maximum absolute atomic E-state index is 13.0. The molecule has 0 N–H and O–H groups in total. The van der Waals surface area contributed by atoms with Crippen LogP contribution in [0.2, 0.25) is 5.02 Å². The van der Waals surface area contributed by atoms with Gasteiger partial charge in [0, 0.05) is 44.1 Å². The van der Waals surface area contributed by atoms with E-state index < -0.39 is 0 Å². The van der Waals surface area contributed by atoms with E-state index in [1.807, 2.05) is 54.6 Å². The normalized spacial score (nSPS) is 11.0. The monoisotopic (exact) mass is 480 g/mol. The number of hydrogen-bond acceptors (Lipinski definition) is 4. The number of aromatic nitrogens is 2. The van der Waals surface area contributed by atoms with Gasteiger partial charge in [-0.1, -0.05) is 48.0 Å². The van der Waals surface area contributed by atoms with Gasteiger partial charge in [-0.3, -0.25) is 9.36 Å². The van der Waals surface area contributed by atoms with Gasteiger partial charge in [0.15, 0.2) is 0 Å². The molecule has 0 fully saturated rings. The minimum atomic E-state index is -0.0332. The van der Waals surface area contributed by atoms with Crippen LogP contribution in [0.25, 0.3) is 20.7 Å². The molecule has 0 saturated carbocycles. The number of amides is 2. The van der Waals surface area contributed by atoms with Crippen LogP contribution >= 0.6 is 22.9 Å². The highest BCUT2D eigenvalue weighted by atomic mass is 35.5. The van der Waals surface area contributed by atoms with Crippen LogP contribution in [0.1, 0.15) is 11.1 Å². The molecule has 2 aromatic carbocycles. The fourth-order valence-corrected chi connectivity index (χ4v) is 4.80. The first-order chi connectivity index (χ1) is 15.8. The third-order valence-corrected chi connectivity index (χ3v) is 6.84. The summed E-state index contributed by atoms with van der Waals surface area (Å²) in [5.74, 6) is 0. The van der Waals surface area contributed by atoms with Crippen molar-refractivity contribution < 1.29 is 4.79 Å². The molecule has 4 aromatic rings. The van der Waals surface area contributed by atoms with Gasteiger partial charge in [-0.2, -0.15) is 0 Å². The molecule has 0 spiro atoms.